The molecular formula is C13H6F6INO. The second kappa shape index (κ2) is 5.94. The van der Waals surface area contributed by atoms with Crippen molar-refractivity contribution in [1.82, 2.24) is 4.98 Å². The fraction of sp³-hybridized carbons (Fsp3) is 0.154. The highest BCUT2D eigenvalue weighted by Crippen LogP contribution is 2.36. The van der Waals surface area contributed by atoms with Crippen molar-refractivity contribution in [3.8, 4) is 17.0 Å². The first-order valence-corrected chi connectivity index (χ1v) is 6.75. The molecule has 0 atom stereocenters. The molecule has 0 amide bonds. The SMILES string of the molecule is FC(F)(F)Oc1ccccc1-c1ccc(I)c(C(F)(F)F)n1. The van der Waals surface area contributed by atoms with Crippen LogP contribution in [0.5, 0.6) is 5.75 Å². The molecular weight excluding hydrogens is 427 g/mol. The average molecular weight is 433 g/mol. The van der Waals surface area contributed by atoms with Gasteiger partial charge in [0, 0.05) is 9.13 Å². The van der Waals surface area contributed by atoms with Gasteiger partial charge in [-0.05, 0) is 46.9 Å². The molecule has 0 saturated carbocycles. The van der Waals surface area contributed by atoms with E-state index in [2.05, 4.69) is 9.72 Å². The summed E-state index contributed by atoms with van der Waals surface area (Å²) in [7, 11) is 0. The molecule has 2 rings (SSSR count). The van der Waals surface area contributed by atoms with Gasteiger partial charge in [0.05, 0.1) is 5.69 Å². The summed E-state index contributed by atoms with van der Waals surface area (Å²) in [6.45, 7) is 0. The first-order chi connectivity index (χ1) is 10.1. The van der Waals surface area contributed by atoms with Gasteiger partial charge in [-0.3, -0.25) is 0 Å². The Hall–Kier alpha value is -1.52. The van der Waals surface area contributed by atoms with E-state index < -0.39 is 24.0 Å². The van der Waals surface area contributed by atoms with E-state index in [1.165, 1.54) is 46.9 Å². The van der Waals surface area contributed by atoms with E-state index in [0.29, 0.717) is 0 Å². The molecule has 22 heavy (non-hydrogen) atoms. The maximum atomic E-state index is 12.8. The second-order valence-corrected chi connectivity index (χ2v) is 5.23. The third kappa shape index (κ3) is 4.02. The van der Waals surface area contributed by atoms with Crippen LogP contribution in [0.1, 0.15) is 5.69 Å². The van der Waals surface area contributed by atoms with Crippen molar-refractivity contribution in [3.63, 3.8) is 0 Å². The number of hydrogen-bond acceptors (Lipinski definition) is 2. The molecule has 0 radical (unpaired) electrons. The zero-order valence-electron chi connectivity index (χ0n) is 10.5. The van der Waals surface area contributed by atoms with Crippen molar-refractivity contribution < 1.29 is 31.1 Å². The van der Waals surface area contributed by atoms with E-state index in [-0.39, 0.29) is 14.8 Å². The number of ether oxygens (including phenoxy) is 1. The number of halogens is 7. The lowest BCUT2D eigenvalue weighted by Gasteiger charge is -2.14. The molecule has 0 spiro atoms. The zero-order valence-corrected chi connectivity index (χ0v) is 12.6. The van der Waals surface area contributed by atoms with Gasteiger partial charge in [-0.1, -0.05) is 12.1 Å². The number of aromatic nitrogens is 1. The number of rotatable bonds is 2. The Bertz CT molecular complexity index is 683. The highest BCUT2D eigenvalue weighted by atomic mass is 127. The number of pyridine rings is 1. The van der Waals surface area contributed by atoms with Crippen LogP contribution in [0.25, 0.3) is 11.3 Å². The first-order valence-electron chi connectivity index (χ1n) is 5.67. The Morgan fingerprint density at radius 1 is 0.909 bits per heavy atom. The molecule has 118 valence electrons. The molecule has 1 heterocycles. The van der Waals surface area contributed by atoms with Gasteiger partial charge in [-0.2, -0.15) is 13.2 Å². The van der Waals surface area contributed by atoms with E-state index in [9.17, 15) is 26.3 Å². The van der Waals surface area contributed by atoms with Crippen LogP contribution in [0.3, 0.4) is 0 Å². The van der Waals surface area contributed by atoms with Crippen LogP contribution in [-0.4, -0.2) is 11.3 Å². The number of alkyl halides is 6. The Labute approximate surface area is 134 Å². The molecule has 9 heteroatoms. The molecule has 0 saturated heterocycles. The predicted octanol–water partition coefficient (Wildman–Crippen LogP) is 5.27. The van der Waals surface area contributed by atoms with Crippen molar-refractivity contribution in [1.29, 1.82) is 0 Å². The quantitative estimate of drug-likeness (QED) is 0.476. The maximum absolute atomic E-state index is 12.8. The summed E-state index contributed by atoms with van der Waals surface area (Å²) in [6.07, 6.45) is -9.65. The van der Waals surface area contributed by atoms with Gasteiger partial charge in [0.25, 0.3) is 0 Å². The van der Waals surface area contributed by atoms with E-state index in [0.717, 1.165) is 12.1 Å². The number of hydrogen-bond donors (Lipinski definition) is 0. The van der Waals surface area contributed by atoms with Crippen LogP contribution < -0.4 is 4.74 Å². The highest BCUT2D eigenvalue weighted by molar-refractivity contribution is 14.1. The number of para-hydroxylation sites is 1. The maximum Gasteiger partial charge on any atom is 0.573 e. The van der Waals surface area contributed by atoms with Crippen LogP contribution in [0.2, 0.25) is 0 Å². The third-order valence-corrected chi connectivity index (χ3v) is 3.37. The summed E-state index contributed by atoms with van der Waals surface area (Å²) in [6, 6.07) is 7.21. The van der Waals surface area contributed by atoms with Crippen molar-refractivity contribution in [3.05, 3.63) is 45.7 Å². The molecule has 0 N–H and O–H groups in total. The second-order valence-electron chi connectivity index (χ2n) is 4.07. The normalized spacial score (nSPS) is 12.3. The molecule has 0 fully saturated rings. The minimum atomic E-state index is -4.95. The Morgan fingerprint density at radius 3 is 2.14 bits per heavy atom. The molecule has 1 aromatic carbocycles. The van der Waals surface area contributed by atoms with Gasteiger partial charge in [-0.15, -0.1) is 13.2 Å². The van der Waals surface area contributed by atoms with Gasteiger partial charge in [-0.25, -0.2) is 4.98 Å². The monoisotopic (exact) mass is 433 g/mol. The van der Waals surface area contributed by atoms with E-state index in [1.807, 2.05) is 0 Å². The van der Waals surface area contributed by atoms with Crippen LogP contribution in [0.4, 0.5) is 26.3 Å². The largest absolute Gasteiger partial charge is 0.573 e. The fourth-order valence-electron chi connectivity index (χ4n) is 1.68. The number of nitrogens with zero attached hydrogens (tertiary/aromatic N) is 1. The van der Waals surface area contributed by atoms with Crippen LogP contribution in [0.15, 0.2) is 36.4 Å². The van der Waals surface area contributed by atoms with E-state index in [4.69, 9.17) is 0 Å². The van der Waals surface area contributed by atoms with Gasteiger partial charge in [0.15, 0.2) is 5.69 Å². The summed E-state index contributed by atoms with van der Waals surface area (Å²) >= 11 is 1.46. The minimum Gasteiger partial charge on any atom is -0.405 e. The molecule has 0 aliphatic carbocycles. The summed E-state index contributed by atoms with van der Waals surface area (Å²) in [5.74, 6) is -0.614. The van der Waals surface area contributed by atoms with Crippen molar-refractivity contribution in [2.24, 2.45) is 0 Å². The molecule has 1 aromatic heterocycles. The topological polar surface area (TPSA) is 22.1 Å². The molecule has 0 unspecified atom stereocenters. The van der Waals surface area contributed by atoms with Crippen molar-refractivity contribution in [2.75, 3.05) is 0 Å². The fourth-order valence-corrected chi connectivity index (χ4v) is 2.29. The van der Waals surface area contributed by atoms with Crippen molar-refractivity contribution >= 4 is 22.6 Å². The molecule has 2 nitrogen and oxygen atoms in total. The lowest BCUT2D eigenvalue weighted by atomic mass is 10.1. The standard InChI is InChI=1S/C13H6F6INO/c14-12(15,16)11-8(20)5-6-9(21-11)7-3-1-2-4-10(7)22-13(17,18)19/h1-6H. The minimum absolute atomic E-state index is 0.150. The number of benzene rings is 1. The Kier molecular flexibility index (Phi) is 4.54. The van der Waals surface area contributed by atoms with Crippen LogP contribution in [0, 0.1) is 3.57 Å². The summed E-state index contributed by atoms with van der Waals surface area (Å²) in [4.78, 5) is 3.42. The zero-order chi connectivity index (χ0) is 16.5. The van der Waals surface area contributed by atoms with Gasteiger partial charge in [0.1, 0.15) is 5.75 Å². The molecule has 0 bridgehead atoms. The summed E-state index contributed by atoms with van der Waals surface area (Å²) in [5, 5.41) is 0. The predicted molar refractivity (Wildman–Crippen MR) is 74.1 cm³/mol. The summed E-state index contributed by atoms with van der Waals surface area (Å²) < 4.78 is 79.2. The Balaban J connectivity index is 2.54. The van der Waals surface area contributed by atoms with Crippen LogP contribution in [-0.2, 0) is 6.18 Å². The highest BCUT2D eigenvalue weighted by Gasteiger charge is 2.36. The lowest BCUT2D eigenvalue weighted by molar-refractivity contribution is -0.274. The van der Waals surface area contributed by atoms with E-state index in [1.54, 1.807) is 0 Å². The average Bonchev–Trinajstić information content (AvgIpc) is 2.37. The Morgan fingerprint density at radius 2 is 1.55 bits per heavy atom. The van der Waals surface area contributed by atoms with Crippen molar-refractivity contribution in [2.45, 2.75) is 12.5 Å². The molecule has 0 aliphatic heterocycles. The first kappa shape index (κ1) is 16.8. The van der Waals surface area contributed by atoms with Crippen LogP contribution >= 0.6 is 22.6 Å². The lowest BCUT2D eigenvalue weighted by Crippen LogP contribution is -2.18. The van der Waals surface area contributed by atoms with Gasteiger partial charge < -0.3 is 4.74 Å². The van der Waals surface area contributed by atoms with E-state index >= 15 is 0 Å². The van der Waals surface area contributed by atoms with Gasteiger partial charge in [0.2, 0.25) is 0 Å². The smallest absolute Gasteiger partial charge is 0.405 e. The summed E-state index contributed by atoms with van der Waals surface area (Å²) in [5.41, 5.74) is -1.60. The third-order valence-electron chi connectivity index (χ3n) is 2.50. The molecule has 2 aromatic rings. The molecule has 0 aliphatic rings. The van der Waals surface area contributed by atoms with Gasteiger partial charge >= 0.3 is 12.5 Å².